The molecule has 2 atom stereocenters. The first-order chi connectivity index (χ1) is 13.8. The van der Waals surface area contributed by atoms with E-state index < -0.39 is 24.2 Å². The number of allylic oxidation sites excluding steroid dienone is 1. The second-order valence-electron chi connectivity index (χ2n) is 7.11. The van der Waals surface area contributed by atoms with Crippen molar-refractivity contribution in [3.8, 4) is 6.07 Å². The predicted octanol–water partition coefficient (Wildman–Crippen LogP) is 2.68. The zero-order valence-electron chi connectivity index (χ0n) is 16.2. The largest absolute Gasteiger partial charge is 0.442 e. The monoisotopic (exact) mass is 404 g/mol. The fraction of sp³-hybridized carbons (Fsp3) is 0.450. The van der Waals surface area contributed by atoms with E-state index in [1.165, 1.54) is 24.0 Å². The standard InChI is InChI=1S/C20H22F2N4O3/c1-12(8-23)16-5-6-25(11-18(16)22)19-4-3-14(7-17(19)21)26-10-15(29-20(26)28)9-24-13(2)27/h3-4,7,15,18H,5-6,9-11H2,1-2H3,(H,24,27)/b16-12-. The van der Waals surface area contributed by atoms with Crippen LogP contribution in [0.1, 0.15) is 20.3 Å². The number of rotatable bonds is 4. The molecule has 2 heterocycles. The van der Waals surface area contributed by atoms with Crippen molar-refractivity contribution in [2.75, 3.05) is 36.0 Å². The molecule has 9 heteroatoms. The summed E-state index contributed by atoms with van der Waals surface area (Å²) in [4.78, 5) is 26.0. The Balaban J connectivity index is 1.71. The van der Waals surface area contributed by atoms with Crippen LogP contribution in [0.4, 0.5) is 25.0 Å². The number of alkyl halides is 1. The van der Waals surface area contributed by atoms with Crippen LogP contribution in [0.25, 0.3) is 0 Å². The highest BCUT2D eigenvalue weighted by Crippen LogP contribution is 2.31. The minimum Gasteiger partial charge on any atom is -0.442 e. The molecular weight excluding hydrogens is 382 g/mol. The quantitative estimate of drug-likeness (QED) is 0.780. The molecule has 1 aromatic rings. The number of carbonyl (C=O) groups excluding carboxylic acids is 2. The van der Waals surface area contributed by atoms with Crippen molar-refractivity contribution in [2.24, 2.45) is 0 Å². The van der Waals surface area contributed by atoms with Crippen molar-refractivity contribution in [1.82, 2.24) is 5.32 Å². The van der Waals surface area contributed by atoms with E-state index in [1.54, 1.807) is 17.9 Å². The van der Waals surface area contributed by atoms with Crippen LogP contribution in [0.3, 0.4) is 0 Å². The van der Waals surface area contributed by atoms with Gasteiger partial charge in [0.05, 0.1) is 37.1 Å². The van der Waals surface area contributed by atoms with Crippen molar-refractivity contribution >= 4 is 23.4 Å². The van der Waals surface area contributed by atoms with Crippen LogP contribution < -0.4 is 15.1 Å². The van der Waals surface area contributed by atoms with Gasteiger partial charge in [0.1, 0.15) is 18.1 Å². The molecule has 2 fully saturated rings. The number of hydrogen-bond donors (Lipinski definition) is 1. The highest BCUT2D eigenvalue weighted by Gasteiger charge is 2.33. The van der Waals surface area contributed by atoms with Gasteiger partial charge in [0, 0.05) is 19.0 Å². The molecule has 2 saturated heterocycles. The number of nitriles is 1. The SMILES string of the molecule is CC(=O)NCC1CN(c2ccc(N3CC/C(=C(\C)C#N)C(F)C3)c(F)c2)C(=O)O1. The number of carbonyl (C=O) groups is 2. The number of nitrogens with zero attached hydrogens (tertiary/aromatic N) is 3. The van der Waals surface area contributed by atoms with Gasteiger partial charge in [-0.3, -0.25) is 9.69 Å². The van der Waals surface area contributed by atoms with Crippen LogP contribution in [-0.4, -0.2) is 50.5 Å². The number of halogens is 2. The van der Waals surface area contributed by atoms with E-state index >= 15 is 0 Å². The van der Waals surface area contributed by atoms with Gasteiger partial charge in [0.25, 0.3) is 0 Å². The van der Waals surface area contributed by atoms with Crippen LogP contribution in [0.15, 0.2) is 29.3 Å². The normalized spacial score (nSPS) is 23.5. The maximum Gasteiger partial charge on any atom is 0.414 e. The molecule has 0 bridgehead atoms. The smallest absolute Gasteiger partial charge is 0.414 e. The third kappa shape index (κ3) is 4.47. The molecule has 0 saturated carbocycles. The number of nitrogens with one attached hydrogen (secondary N) is 1. The summed E-state index contributed by atoms with van der Waals surface area (Å²) in [5, 5.41) is 11.5. The lowest BCUT2D eigenvalue weighted by Crippen LogP contribution is -2.39. The van der Waals surface area contributed by atoms with Crippen LogP contribution in [0.2, 0.25) is 0 Å². The number of cyclic esters (lactones) is 1. The number of benzene rings is 1. The maximum atomic E-state index is 14.8. The van der Waals surface area contributed by atoms with E-state index in [2.05, 4.69) is 5.32 Å². The number of ether oxygens (including phenoxy) is 1. The van der Waals surface area contributed by atoms with Gasteiger partial charge in [0.2, 0.25) is 5.91 Å². The first-order valence-corrected chi connectivity index (χ1v) is 9.31. The maximum absolute atomic E-state index is 14.8. The fourth-order valence-corrected chi connectivity index (χ4v) is 3.54. The first kappa shape index (κ1) is 20.6. The van der Waals surface area contributed by atoms with E-state index in [4.69, 9.17) is 10.00 Å². The minimum atomic E-state index is -1.33. The summed E-state index contributed by atoms with van der Waals surface area (Å²) >= 11 is 0. The molecule has 29 heavy (non-hydrogen) atoms. The van der Waals surface area contributed by atoms with Gasteiger partial charge in [0.15, 0.2) is 0 Å². The Morgan fingerprint density at radius 1 is 1.38 bits per heavy atom. The van der Waals surface area contributed by atoms with Gasteiger partial charge >= 0.3 is 6.09 Å². The van der Waals surface area contributed by atoms with Crippen molar-refractivity contribution in [3.63, 3.8) is 0 Å². The topological polar surface area (TPSA) is 85.7 Å². The highest BCUT2D eigenvalue weighted by molar-refractivity contribution is 5.90. The zero-order valence-corrected chi connectivity index (χ0v) is 16.2. The Labute approximate surface area is 167 Å². The van der Waals surface area contributed by atoms with Gasteiger partial charge in [-0.2, -0.15) is 5.26 Å². The summed E-state index contributed by atoms with van der Waals surface area (Å²) in [6.07, 6.45) is -2.11. The molecule has 2 aliphatic rings. The van der Waals surface area contributed by atoms with Crippen molar-refractivity contribution in [2.45, 2.75) is 32.5 Å². The number of hydrogen-bond acceptors (Lipinski definition) is 5. The minimum absolute atomic E-state index is 0.0326. The van der Waals surface area contributed by atoms with Gasteiger partial charge in [-0.15, -0.1) is 0 Å². The number of anilines is 2. The fourth-order valence-electron chi connectivity index (χ4n) is 3.54. The van der Waals surface area contributed by atoms with E-state index in [-0.39, 0.29) is 31.2 Å². The average Bonchev–Trinajstić information content (AvgIpc) is 3.06. The lowest BCUT2D eigenvalue weighted by atomic mass is 9.97. The number of amides is 2. The summed E-state index contributed by atoms with van der Waals surface area (Å²) in [6.45, 7) is 3.69. The molecule has 0 aliphatic carbocycles. The first-order valence-electron chi connectivity index (χ1n) is 9.31. The molecule has 0 aromatic heterocycles. The summed E-state index contributed by atoms with van der Waals surface area (Å²) in [7, 11) is 0. The summed E-state index contributed by atoms with van der Waals surface area (Å²) in [5.41, 5.74) is 1.41. The molecule has 0 spiro atoms. The van der Waals surface area contributed by atoms with Crippen LogP contribution >= 0.6 is 0 Å². The average molecular weight is 404 g/mol. The lowest BCUT2D eigenvalue weighted by molar-refractivity contribution is -0.119. The van der Waals surface area contributed by atoms with Crippen LogP contribution in [0, 0.1) is 17.1 Å². The molecule has 3 rings (SSSR count). The molecule has 2 unspecified atom stereocenters. The molecule has 7 nitrogen and oxygen atoms in total. The third-order valence-electron chi connectivity index (χ3n) is 5.10. The van der Waals surface area contributed by atoms with Crippen LogP contribution in [-0.2, 0) is 9.53 Å². The summed E-state index contributed by atoms with van der Waals surface area (Å²) < 4.78 is 34.4. The van der Waals surface area contributed by atoms with Gasteiger partial charge in [-0.05, 0) is 37.1 Å². The Kier molecular flexibility index (Phi) is 6.01. The van der Waals surface area contributed by atoms with E-state index in [0.717, 1.165) is 0 Å². The molecule has 1 aromatic carbocycles. The van der Waals surface area contributed by atoms with Crippen LogP contribution in [0.5, 0.6) is 0 Å². The second kappa shape index (κ2) is 8.47. The van der Waals surface area contributed by atoms with Gasteiger partial charge < -0.3 is 15.0 Å². The summed E-state index contributed by atoms with van der Waals surface area (Å²) in [6, 6.07) is 6.28. The van der Waals surface area contributed by atoms with Crippen molar-refractivity contribution in [3.05, 3.63) is 35.2 Å². The Morgan fingerprint density at radius 3 is 2.76 bits per heavy atom. The molecule has 1 N–H and O–H groups in total. The van der Waals surface area contributed by atoms with Gasteiger partial charge in [-0.1, -0.05) is 0 Å². The van der Waals surface area contributed by atoms with E-state index in [9.17, 15) is 18.4 Å². The predicted molar refractivity (Wildman–Crippen MR) is 103 cm³/mol. The molecule has 2 amide bonds. The Morgan fingerprint density at radius 2 is 2.14 bits per heavy atom. The number of piperidine rings is 1. The van der Waals surface area contributed by atoms with E-state index in [0.29, 0.717) is 29.8 Å². The molecular formula is C20H22F2N4O3. The lowest BCUT2D eigenvalue weighted by Gasteiger charge is -2.33. The molecule has 154 valence electrons. The summed E-state index contributed by atoms with van der Waals surface area (Å²) in [5.74, 6) is -0.803. The van der Waals surface area contributed by atoms with E-state index in [1.807, 2.05) is 6.07 Å². The zero-order chi connectivity index (χ0) is 21.1. The molecule has 2 aliphatic heterocycles. The Hall–Kier alpha value is -3.15. The second-order valence-corrected chi connectivity index (χ2v) is 7.11. The van der Waals surface area contributed by atoms with Gasteiger partial charge in [-0.25, -0.2) is 13.6 Å². The third-order valence-corrected chi connectivity index (χ3v) is 5.10. The van der Waals surface area contributed by atoms with Crippen molar-refractivity contribution < 1.29 is 23.1 Å². The van der Waals surface area contributed by atoms with Crippen molar-refractivity contribution in [1.29, 1.82) is 5.26 Å². The Bertz CT molecular complexity index is 896. The highest BCUT2D eigenvalue weighted by atomic mass is 19.1. The molecule has 0 radical (unpaired) electrons.